The van der Waals surface area contributed by atoms with Crippen molar-refractivity contribution in [2.45, 2.75) is 13.3 Å². The number of hydrogen-bond acceptors (Lipinski definition) is 6. The first-order chi connectivity index (χ1) is 14.1. The lowest BCUT2D eigenvalue weighted by atomic mass is 10.2. The summed E-state index contributed by atoms with van der Waals surface area (Å²) in [7, 11) is 0. The van der Waals surface area contributed by atoms with E-state index in [1.165, 1.54) is 0 Å². The van der Waals surface area contributed by atoms with Gasteiger partial charge in [0.25, 0.3) is 0 Å². The Kier molecular flexibility index (Phi) is 5.62. The van der Waals surface area contributed by atoms with Crippen LogP contribution in [0, 0.1) is 0 Å². The summed E-state index contributed by atoms with van der Waals surface area (Å²) in [5.74, 6) is 2.01. The quantitative estimate of drug-likeness (QED) is 0.703. The van der Waals surface area contributed by atoms with Crippen LogP contribution >= 0.6 is 11.6 Å². The van der Waals surface area contributed by atoms with Gasteiger partial charge < -0.3 is 19.6 Å². The molecule has 0 unspecified atom stereocenters. The number of nitrogens with one attached hydrogen (secondary N) is 1. The van der Waals surface area contributed by atoms with Crippen molar-refractivity contribution in [2.75, 3.05) is 36.4 Å². The second-order valence-electron chi connectivity index (χ2n) is 6.65. The molecule has 3 heterocycles. The highest BCUT2D eigenvalue weighted by Crippen LogP contribution is 2.22. The number of rotatable bonds is 4. The molecule has 1 fully saturated rings. The van der Waals surface area contributed by atoms with E-state index in [4.69, 9.17) is 16.1 Å². The van der Waals surface area contributed by atoms with E-state index >= 15 is 0 Å². The van der Waals surface area contributed by atoms with Crippen LogP contribution in [-0.4, -0.2) is 52.2 Å². The molecule has 1 aliphatic rings. The molecule has 0 spiro atoms. The number of pyridine rings is 1. The maximum atomic E-state index is 12.5. The molecule has 0 atom stereocenters. The number of aryl methyl sites for hydroxylation is 1. The molecule has 1 N–H and O–H groups in total. The van der Waals surface area contributed by atoms with Gasteiger partial charge in [0.05, 0.1) is 10.7 Å². The van der Waals surface area contributed by atoms with E-state index in [9.17, 15) is 4.79 Å². The summed E-state index contributed by atoms with van der Waals surface area (Å²) >= 11 is 6.11. The van der Waals surface area contributed by atoms with E-state index in [0.29, 0.717) is 55.0 Å². The van der Waals surface area contributed by atoms with Crippen molar-refractivity contribution in [1.29, 1.82) is 0 Å². The van der Waals surface area contributed by atoms with Gasteiger partial charge in [0.2, 0.25) is 11.7 Å². The number of carbonyl (C=O) groups is 1. The minimum absolute atomic E-state index is 0.148. The number of piperazine rings is 1. The minimum Gasteiger partial charge on any atom is -0.353 e. The highest BCUT2D eigenvalue weighted by atomic mass is 35.5. The third-order valence-electron chi connectivity index (χ3n) is 4.78. The highest BCUT2D eigenvalue weighted by Gasteiger charge is 2.22. The molecule has 1 saturated heterocycles. The smallest absolute Gasteiger partial charge is 0.322 e. The van der Waals surface area contributed by atoms with Gasteiger partial charge in [0, 0.05) is 44.4 Å². The Morgan fingerprint density at radius 3 is 2.62 bits per heavy atom. The standard InChI is InChI=1S/C20H21ClN6O2/c1-2-18-24-19(25-29-18)14-7-8-17(22-13-14)26-9-11-27(12-10-26)20(28)23-16-6-4-3-5-15(16)21/h3-8,13H,2,9-12H2,1H3,(H,23,28). The van der Waals surface area contributed by atoms with Crippen molar-refractivity contribution in [3.63, 3.8) is 0 Å². The van der Waals surface area contributed by atoms with Gasteiger partial charge in [-0.25, -0.2) is 9.78 Å². The van der Waals surface area contributed by atoms with Crippen LogP contribution in [0.5, 0.6) is 0 Å². The Hall–Kier alpha value is -3.13. The zero-order valence-electron chi connectivity index (χ0n) is 16.0. The van der Waals surface area contributed by atoms with Crippen molar-refractivity contribution in [3.8, 4) is 11.4 Å². The molecule has 1 aromatic carbocycles. The third kappa shape index (κ3) is 4.32. The maximum Gasteiger partial charge on any atom is 0.322 e. The molecule has 150 valence electrons. The monoisotopic (exact) mass is 412 g/mol. The SMILES string of the molecule is CCc1nc(-c2ccc(N3CCN(C(=O)Nc4ccccc4Cl)CC3)nc2)no1. The highest BCUT2D eigenvalue weighted by molar-refractivity contribution is 6.33. The topological polar surface area (TPSA) is 87.4 Å². The molecule has 2 aromatic heterocycles. The molecular weight excluding hydrogens is 392 g/mol. The van der Waals surface area contributed by atoms with E-state index in [1.807, 2.05) is 31.2 Å². The Bertz CT molecular complexity index is 983. The lowest BCUT2D eigenvalue weighted by molar-refractivity contribution is 0.208. The van der Waals surface area contributed by atoms with Gasteiger partial charge in [0.1, 0.15) is 5.82 Å². The van der Waals surface area contributed by atoms with Crippen LogP contribution in [0.3, 0.4) is 0 Å². The molecule has 0 saturated carbocycles. The summed E-state index contributed by atoms with van der Waals surface area (Å²) < 4.78 is 5.15. The van der Waals surface area contributed by atoms with Crippen molar-refractivity contribution in [1.82, 2.24) is 20.0 Å². The lowest BCUT2D eigenvalue weighted by Gasteiger charge is -2.35. The predicted octanol–water partition coefficient (Wildman–Crippen LogP) is 3.70. The number of para-hydroxylation sites is 1. The minimum atomic E-state index is -0.148. The fraction of sp³-hybridized carbons (Fsp3) is 0.300. The fourth-order valence-electron chi connectivity index (χ4n) is 3.12. The number of urea groups is 1. The van der Waals surface area contributed by atoms with Crippen molar-refractivity contribution < 1.29 is 9.32 Å². The Morgan fingerprint density at radius 2 is 1.97 bits per heavy atom. The van der Waals surface area contributed by atoms with Crippen LogP contribution in [0.1, 0.15) is 12.8 Å². The maximum absolute atomic E-state index is 12.5. The average molecular weight is 413 g/mol. The van der Waals surface area contributed by atoms with Gasteiger partial charge in [-0.1, -0.05) is 35.8 Å². The number of carbonyl (C=O) groups excluding carboxylic acids is 1. The normalized spacial score (nSPS) is 14.1. The Morgan fingerprint density at radius 1 is 1.17 bits per heavy atom. The van der Waals surface area contributed by atoms with E-state index in [2.05, 4.69) is 25.3 Å². The number of amides is 2. The zero-order chi connectivity index (χ0) is 20.2. The number of nitrogens with zero attached hydrogens (tertiary/aromatic N) is 5. The largest absolute Gasteiger partial charge is 0.353 e. The summed E-state index contributed by atoms with van der Waals surface area (Å²) in [5, 5.41) is 7.36. The van der Waals surface area contributed by atoms with Crippen LogP contribution < -0.4 is 10.2 Å². The number of halogens is 1. The molecule has 3 aromatic rings. The van der Waals surface area contributed by atoms with Gasteiger partial charge in [-0.3, -0.25) is 0 Å². The zero-order valence-corrected chi connectivity index (χ0v) is 16.8. The van der Waals surface area contributed by atoms with Crippen molar-refractivity contribution in [3.05, 3.63) is 53.5 Å². The first kappa shape index (κ1) is 19.2. The summed E-state index contributed by atoms with van der Waals surface area (Å²) in [6.07, 6.45) is 2.45. The molecule has 29 heavy (non-hydrogen) atoms. The van der Waals surface area contributed by atoms with Gasteiger partial charge in [-0.15, -0.1) is 0 Å². The van der Waals surface area contributed by atoms with Gasteiger partial charge in [0.15, 0.2) is 0 Å². The molecule has 9 heteroatoms. The number of hydrogen-bond donors (Lipinski definition) is 1. The van der Waals surface area contributed by atoms with Crippen LogP contribution in [-0.2, 0) is 6.42 Å². The summed E-state index contributed by atoms with van der Waals surface area (Å²) in [6, 6.07) is 10.9. The van der Waals surface area contributed by atoms with Gasteiger partial charge >= 0.3 is 6.03 Å². The van der Waals surface area contributed by atoms with Gasteiger partial charge in [-0.2, -0.15) is 4.98 Å². The number of anilines is 2. The second kappa shape index (κ2) is 8.48. The van der Waals surface area contributed by atoms with Crippen LogP contribution in [0.15, 0.2) is 47.1 Å². The van der Waals surface area contributed by atoms with E-state index in [0.717, 1.165) is 11.4 Å². The average Bonchev–Trinajstić information content (AvgIpc) is 3.25. The molecule has 0 aliphatic carbocycles. The first-order valence-electron chi connectivity index (χ1n) is 9.48. The summed E-state index contributed by atoms with van der Waals surface area (Å²) in [4.78, 5) is 25.3. The Labute approximate surface area is 173 Å². The Balaban J connectivity index is 1.34. The molecule has 1 aliphatic heterocycles. The number of aromatic nitrogens is 3. The van der Waals surface area contributed by atoms with Crippen molar-refractivity contribution >= 4 is 29.1 Å². The van der Waals surface area contributed by atoms with Gasteiger partial charge in [-0.05, 0) is 24.3 Å². The molecule has 8 nitrogen and oxygen atoms in total. The molecule has 2 amide bonds. The lowest BCUT2D eigenvalue weighted by Crippen LogP contribution is -2.50. The molecular formula is C20H21ClN6O2. The molecule has 0 bridgehead atoms. The van der Waals surface area contributed by atoms with Crippen LogP contribution in [0.25, 0.3) is 11.4 Å². The van der Waals surface area contributed by atoms with E-state index < -0.39 is 0 Å². The van der Waals surface area contributed by atoms with E-state index in [1.54, 1.807) is 23.2 Å². The number of benzene rings is 1. The summed E-state index contributed by atoms with van der Waals surface area (Å²) in [6.45, 7) is 4.57. The first-order valence-corrected chi connectivity index (χ1v) is 9.86. The summed E-state index contributed by atoms with van der Waals surface area (Å²) in [5.41, 5.74) is 1.43. The van der Waals surface area contributed by atoms with Crippen molar-refractivity contribution in [2.24, 2.45) is 0 Å². The fourth-order valence-corrected chi connectivity index (χ4v) is 3.30. The second-order valence-corrected chi connectivity index (χ2v) is 7.06. The van der Waals surface area contributed by atoms with Crippen LogP contribution in [0.4, 0.5) is 16.3 Å². The predicted molar refractivity (Wildman–Crippen MR) is 111 cm³/mol. The van der Waals surface area contributed by atoms with E-state index in [-0.39, 0.29) is 6.03 Å². The van der Waals surface area contributed by atoms with Crippen LogP contribution in [0.2, 0.25) is 5.02 Å². The third-order valence-corrected chi connectivity index (χ3v) is 5.11. The molecule has 0 radical (unpaired) electrons. The molecule has 4 rings (SSSR count).